The molecule has 88 valence electrons. The van der Waals surface area contributed by atoms with E-state index in [2.05, 4.69) is 21.8 Å². The first-order valence-electron chi connectivity index (χ1n) is 5.66. The molecule has 0 saturated carbocycles. The molecule has 0 bridgehead atoms. The highest BCUT2D eigenvalue weighted by atomic mass is 16.4. The summed E-state index contributed by atoms with van der Waals surface area (Å²) in [6, 6.07) is -0.474. The molecule has 0 fully saturated rings. The van der Waals surface area contributed by atoms with Gasteiger partial charge in [-0.25, -0.2) is 4.98 Å². The molecule has 0 radical (unpaired) electrons. The zero-order chi connectivity index (χ0) is 11.7. The topological polar surface area (TPSA) is 67.2 Å². The summed E-state index contributed by atoms with van der Waals surface area (Å²) >= 11 is 0. The normalized spacial score (nSPS) is 24.1. The molecule has 1 aromatic heterocycles. The number of hydrogen-bond donors (Lipinski definition) is 2. The first kappa shape index (κ1) is 11.1. The third-order valence-electron chi connectivity index (χ3n) is 3.00. The van der Waals surface area contributed by atoms with Gasteiger partial charge in [0, 0.05) is 24.7 Å². The lowest BCUT2D eigenvalue weighted by molar-refractivity contribution is -0.139. The molecule has 2 unspecified atom stereocenters. The van der Waals surface area contributed by atoms with Gasteiger partial charge >= 0.3 is 5.97 Å². The molecule has 0 aliphatic carbocycles. The van der Waals surface area contributed by atoms with Crippen LogP contribution < -0.4 is 5.32 Å². The second-order valence-corrected chi connectivity index (χ2v) is 4.25. The minimum atomic E-state index is -0.790. The highest BCUT2D eigenvalue weighted by Crippen LogP contribution is 2.24. The second-order valence-electron chi connectivity index (χ2n) is 4.25. The summed E-state index contributed by atoms with van der Waals surface area (Å²) in [6.45, 7) is 4.96. The first-order chi connectivity index (χ1) is 7.63. The van der Waals surface area contributed by atoms with Gasteiger partial charge in [-0.1, -0.05) is 6.92 Å². The van der Waals surface area contributed by atoms with E-state index >= 15 is 0 Å². The Morgan fingerprint density at radius 3 is 3.12 bits per heavy atom. The number of nitrogens with one attached hydrogen (secondary N) is 1. The summed E-state index contributed by atoms with van der Waals surface area (Å²) in [4.78, 5) is 15.4. The number of carboxylic acids is 1. The molecule has 2 atom stereocenters. The lowest BCUT2D eigenvalue weighted by Gasteiger charge is -2.26. The molecular formula is C11H17N3O2. The predicted octanol–water partition coefficient (Wildman–Crippen LogP) is 0.953. The summed E-state index contributed by atoms with van der Waals surface area (Å²) in [7, 11) is 0. The van der Waals surface area contributed by atoms with Crippen molar-refractivity contribution in [3.63, 3.8) is 0 Å². The molecule has 5 nitrogen and oxygen atoms in total. The van der Waals surface area contributed by atoms with Gasteiger partial charge in [0.05, 0.1) is 12.0 Å². The third-order valence-corrected chi connectivity index (χ3v) is 3.00. The van der Waals surface area contributed by atoms with E-state index in [4.69, 9.17) is 5.11 Å². The Labute approximate surface area is 94.5 Å². The van der Waals surface area contributed by atoms with E-state index in [0.717, 1.165) is 24.4 Å². The maximum Gasteiger partial charge on any atom is 0.321 e. The van der Waals surface area contributed by atoms with Gasteiger partial charge in [-0.2, -0.15) is 0 Å². The number of carboxylic acid groups (broad SMARTS) is 1. The molecule has 16 heavy (non-hydrogen) atoms. The molecule has 0 spiro atoms. The van der Waals surface area contributed by atoms with Crippen molar-refractivity contribution in [1.29, 1.82) is 0 Å². The van der Waals surface area contributed by atoms with Gasteiger partial charge in [0.25, 0.3) is 0 Å². The minimum Gasteiger partial charge on any atom is -0.480 e. The molecule has 1 aliphatic heterocycles. The quantitative estimate of drug-likeness (QED) is 0.800. The molecule has 0 aromatic carbocycles. The van der Waals surface area contributed by atoms with Crippen LogP contribution >= 0.6 is 0 Å². The summed E-state index contributed by atoms with van der Waals surface area (Å²) < 4.78 is 2.07. The first-order valence-corrected chi connectivity index (χ1v) is 5.66. The van der Waals surface area contributed by atoms with Crippen molar-refractivity contribution in [3.05, 3.63) is 17.7 Å². The van der Waals surface area contributed by atoms with Gasteiger partial charge in [0.15, 0.2) is 0 Å². The van der Waals surface area contributed by atoms with E-state index in [1.54, 1.807) is 0 Å². The van der Waals surface area contributed by atoms with E-state index in [1.165, 1.54) is 0 Å². The van der Waals surface area contributed by atoms with Crippen molar-refractivity contribution < 1.29 is 9.90 Å². The molecule has 5 heteroatoms. The van der Waals surface area contributed by atoms with Crippen molar-refractivity contribution in [2.24, 2.45) is 0 Å². The smallest absolute Gasteiger partial charge is 0.321 e. The van der Waals surface area contributed by atoms with E-state index < -0.39 is 12.0 Å². The number of hydrogen-bond acceptors (Lipinski definition) is 3. The largest absolute Gasteiger partial charge is 0.480 e. The lowest BCUT2D eigenvalue weighted by atomic mass is 10.00. The molecule has 1 aromatic rings. The van der Waals surface area contributed by atoms with E-state index in [1.807, 2.05) is 13.3 Å². The number of nitrogens with zero attached hydrogens (tertiary/aromatic N) is 2. The summed E-state index contributed by atoms with van der Waals surface area (Å²) in [5.74, 6) is -0.790. The Morgan fingerprint density at radius 1 is 1.75 bits per heavy atom. The Bertz CT molecular complexity index is 400. The standard InChI is InChI=1S/C11H17N3O2/c1-3-4-14-6-12-10-7(2)13-8(11(15)16)5-9(10)14/h6-8,13H,3-5H2,1-2H3,(H,15,16). The van der Waals surface area contributed by atoms with Crippen LogP contribution in [-0.4, -0.2) is 26.7 Å². The zero-order valence-electron chi connectivity index (χ0n) is 9.60. The maximum atomic E-state index is 11.0. The Hall–Kier alpha value is -1.36. The number of rotatable bonds is 3. The van der Waals surface area contributed by atoms with E-state index in [9.17, 15) is 4.79 Å². The van der Waals surface area contributed by atoms with E-state index in [-0.39, 0.29) is 6.04 Å². The number of aromatic nitrogens is 2. The Morgan fingerprint density at radius 2 is 2.50 bits per heavy atom. The Balaban J connectivity index is 2.30. The Kier molecular flexibility index (Phi) is 2.96. The summed E-state index contributed by atoms with van der Waals surface area (Å²) in [6.07, 6.45) is 3.37. The van der Waals surface area contributed by atoms with Crippen molar-refractivity contribution in [1.82, 2.24) is 14.9 Å². The average Bonchev–Trinajstić information content (AvgIpc) is 2.63. The van der Waals surface area contributed by atoms with Crippen LogP contribution in [0.2, 0.25) is 0 Å². The number of aryl methyl sites for hydroxylation is 1. The lowest BCUT2D eigenvalue weighted by Crippen LogP contribution is -2.44. The molecule has 0 amide bonds. The van der Waals surface area contributed by atoms with Crippen LogP contribution in [0.5, 0.6) is 0 Å². The van der Waals surface area contributed by atoms with Crippen LogP contribution in [0.4, 0.5) is 0 Å². The van der Waals surface area contributed by atoms with Crippen LogP contribution in [0.15, 0.2) is 6.33 Å². The second kappa shape index (κ2) is 4.25. The minimum absolute atomic E-state index is 0.0166. The fourth-order valence-electron chi connectivity index (χ4n) is 2.23. The van der Waals surface area contributed by atoms with Crippen molar-refractivity contribution >= 4 is 5.97 Å². The van der Waals surface area contributed by atoms with Crippen LogP contribution in [0.3, 0.4) is 0 Å². The summed E-state index contributed by atoms with van der Waals surface area (Å²) in [5.41, 5.74) is 2.06. The van der Waals surface area contributed by atoms with Gasteiger partial charge in [-0.3, -0.25) is 10.1 Å². The fourth-order valence-corrected chi connectivity index (χ4v) is 2.23. The zero-order valence-corrected chi connectivity index (χ0v) is 9.60. The van der Waals surface area contributed by atoms with Crippen LogP contribution in [0.1, 0.15) is 37.7 Å². The molecule has 1 aliphatic rings. The number of imidazole rings is 1. The van der Waals surface area contributed by atoms with Gasteiger partial charge in [0.1, 0.15) is 6.04 Å². The van der Waals surface area contributed by atoms with Gasteiger partial charge < -0.3 is 9.67 Å². The van der Waals surface area contributed by atoms with Crippen LogP contribution in [0.25, 0.3) is 0 Å². The van der Waals surface area contributed by atoms with Crippen LogP contribution in [-0.2, 0) is 17.8 Å². The monoisotopic (exact) mass is 223 g/mol. The van der Waals surface area contributed by atoms with Gasteiger partial charge in [0.2, 0.25) is 0 Å². The van der Waals surface area contributed by atoms with Crippen LogP contribution in [0, 0.1) is 0 Å². The van der Waals surface area contributed by atoms with Crippen molar-refractivity contribution in [2.45, 2.75) is 45.3 Å². The highest BCUT2D eigenvalue weighted by molar-refractivity contribution is 5.74. The number of aliphatic carboxylic acids is 1. The molecule has 0 saturated heterocycles. The van der Waals surface area contributed by atoms with Crippen molar-refractivity contribution in [2.75, 3.05) is 0 Å². The third kappa shape index (κ3) is 1.82. The SMILES string of the molecule is CCCn1cnc2c1CC(C(=O)O)NC2C. The van der Waals surface area contributed by atoms with Crippen molar-refractivity contribution in [3.8, 4) is 0 Å². The number of carbonyl (C=O) groups is 1. The summed E-state index contributed by atoms with van der Waals surface area (Å²) in [5, 5.41) is 12.1. The molecule has 2 heterocycles. The van der Waals surface area contributed by atoms with Gasteiger partial charge in [-0.05, 0) is 13.3 Å². The molecule has 2 rings (SSSR count). The molecular weight excluding hydrogens is 206 g/mol. The average molecular weight is 223 g/mol. The fraction of sp³-hybridized carbons (Fsp3) is 0.636. The predicted molar refractivity (Wildman–Crippen MR) is 59.2 cm³/mol. The highest BCUT2D eigenvalue weighted by Gasteiger charge is 2.31. The van der Waals surface area contributed by atoms with E-state index in [0.29, 0.717) is 6.42 Å². The maximum absolute atomic E-state index is 11.0. The van der Waals surface area contributed by atoms with Gasteiger partial charge in [-0.15, -0.1) is 0 Å². The number of fused-ring (bicyclic) bond motifs is 1. The molecule has 2 N–H and O–H groups in total.